The quantitative estimate of drug-likeness (QED) is 0.358. The van der Waals surface area contributed by atoms with E-state index in [1.807, 2.05) is 30.3 Å². The summed E-state index contributed by atoms with van der Waals surface area (Å²) >= 11 is 0. The van der Waals surface area contributed by atoms with E-state index in [0.717, 1.165) is 53.4 Å². The highest BCUT2D eigenvalue weighted by molar-refractivity contribution is 6.76. The molecule has 0 bridgehead atoms. The fourth-order valence-corrected chi connectivity index (χ4v) is 3.75. The van der Waals surface area contributed by atoms with Crippen molar-refractivity contribution < 1.29 is 9.47 Å². The Morgan fingerprint density at radius 2 is 1.93 bits per heavy atom. The van der Waals surface area contributed by atoms with Crippen LogP contribution in [-0.4, -0.2) is 40.6 Å². The summed E-state index contributed by atoms with van der Waals surface area (Å²) < 4.78 is 15.7. The maximum absolute atomic E-state index is 5.97. The van der Waals surface area contributed by atoms with Crippen LogP contribution >= 0.6 is 0 Å². The van der Waals surface area contributed by atoms with Gasteiger partial charge in [0.1, 0.15) is 18.1 Å². The Bertz CT molecular complexity index is 911. The lowest BCUT2D eigenvalue weighted by Gasteiger charge is -2.15. The van der Waals surface area contributed by atoms with Crippen molar-refractivity contribution in [1.82, 2.24) is 19.3 Å². The third-order valence-electron chi connectivity index (χ3n) is 4.70. The zero-order valence-electron chi connectivity index (χ0n) is 17.7. The van der Waals surface area contributed by atoms with Crippen LogP contribution in [0.5, 0.6) is 5.75 Å². The van der Waals surface area contributed by atoms with Gasteiger partial charge in [0.2, 0.25) is 0 Å². The average molecular weight is 401 g/mol. The molecule has 0 saturated carbocycles. The number of hydrogen-bond acceptors (Lipinski definition) is 4. The van der Waals surface area contributed by atoms with Gasteiger partial charge in [-0.3, -0.25) is 4.68 Å². The number of pyridine rings is 1. The van der Waals surface area contributed by atoms with Crippen molar-refractivity contribution in [2.45, 2.75) is 52.2 Å². The molecule has 6 nitrogen and oxygen atoms in total. The summed E-state index contributed by atoms with van der Waals surface area (Å²) in [6, 6.07) is 3.24. The van der Waals surface area contributed by atoms with Crippen LogP contribution in [0.3, 0.4) is 0 Å². The Morgan fingerprint density at radius 3 is 2.61 bits per heavy atom. The third kappa shape index (κ3) is 5.23. The molecule has 0 amide bonds. The van der Waals surface area contributed by atoms with Crippen LogP contribution in [0.15, 0.2) is 30.9 Å². The topological polar surface area (TPSA) is 54.1 Å². The lowest BCUT2D eigenvalue weighted by Crippen LogP contribution is -2.22. The molecule has 28 heavy (non-hydrogen) atoms. The summed E-state index contributed by atoms with van der Waals surface area (Å²) in [6.07, 6.45) is 9.98. The third-order valence-corrected chi connectivity index (χ3v) is 6.40. The van der Waals surface area contributed by atoms with Gasteiger partial charge in [-0.25, -0.2) is 4.98 Å². The first-order valence-electron chi connectivity index (χ1n) is 10.1. The minimum atomic E-state index is -1.09. The number of fused-ring (bicyclic) bond motifs is 1. The first-order valence-corrected chi connectivity index (χ1v) is 13.8. The van der Waals surface area contributed by atoms with Crippen LogP contribution < -0.4 is 4.74 Å². The maximum atomic E-state index is 5.97. The van der Waals surface area contributed by atoms with Crippen molar-refractivity contribution in [2.24, 2.45) is 7.05 Å². The van der Waals surface area contributed by atoms with Crippen molar-refractivity contribution in [2.75, 3.05) is 13.2 Å². The number of unbranched alkanes of at least 4 members (excludes halogenated alkanes) is 1. The molecule has 152 valence electrons. The maximum Gasteiger partial charge on any atom is 0.142 e. The SMILES string of the molecule is CCCCOc1cnc2c(c1)c(-c1cnn(C)c1)cn2COCC[Si](C)(C)C. The smallest absolute Gasteiger partial charge is 0.142 e. The minimum Gasteiger partial charge on any atom is -0.492 e. The van der Waals surface area contributed by atoms with Crippen molar-refractivity contribution in [3.05, 3.63) is 30.9 Å². The van der Waals surface area contributed by atoms with Crippen LogP contribution in [0.4, 0.5) is 0 Å². The van der Waals surface area contributed by atoms with Crippen molar-refractivity contribution in [3.63, 3.8) is 0 Å². The fraction of sp³-hybridized carbons (Fsp3) is 0.524. The number of ether oxygens (including phenoxy) is 2. The zero-order valence-corrected chi connectivity index (χ0v) is 18.7. The van der Waals surface area contributed by atoms with Gasteiger partial charge in [0, 0.05) is 50.6 Å². The highest BCUT2D eigenvalue weighted by Gasteiger charge is 2.15. The van der Waals surface area contributed by atoms with Gasteiger partial charge < -0.3 is 14.0 Å². The lowest BCUT2D eigenvalue weighted by atomic mass is 10.1. The van der Waals surface area contributed by atoms with Gasteiger partial charge in [-0.05, 0) is 18.5 Å². The molecule has 3 heterocycles. The molecular weight excluding hydrogens is 368 g/mol. The highest BCUT2D eigenvalue weighted by Crippen LogP contribution is 2.32. The monoisotopic (exact) mass is 400 g/mol. The Labute approximate surface area is 168 Å². The molecule has 0 atom stereocenters. The minimum absolute atomic E-state index is 0.504. The Morgan fingerprint density at radius 1 is 1.11 bits per heavy atom. The van der Waals surface area contributed by atoms with Gasteiger partial charge in [0.25, 0.3) is 0 Å². The van der Waals surface area contributed by atoms with Crippen molar-refractivity contribution in [1.29, 1.82) is 0 Å². The standard InChI is InChI=1S/C21H32N4O2Si/c1-6-7-8-27-18-11-19-20(17-12-23-24(2)14-17)15-25(21(19)22-13-18)16-26-9-10-28(3,4)5/h11-15H,6-10,16H2,1-5H3. The molecule has 0 fully saturated rings. The van der Waals surface area contributed by atoms with E-state index < -0.39 is 8.07 Å². The predicted molar refractivity (Wildman–Crippen MR) is 116 cm³/mol. The number of aryl methyl sites for hydroxylation is 1. The van der Waals surface area contributed by atoms with E-state index in [2.05, 4.69) is 53.5 Å². The molecule has 3 aromatic heterocycles. The molecule has 0 N–H and O–H groups in total. The summed E-state index contributed by atoms with van der Waals surface area (Å²) in [7, 11) is 0.835. The van der Waals surface area contributed by atoms with Crippen molar-refractivity contribution in [3.8, 4) is 16.9 Å². The van der Waals surface area contributed by atoms with Gasteiger partial charge in [0.05, 0.1) is 19.0 Å². The zero-order chi connectivity index (χ0) is 20.1. The Kier molecular flexibility index (Phi) is 6.56. The number of aromatic nitrogens is 4. The summed E-state index contributed by atoms with van der Waals surface area (Å²) in [4.78, 5) is 4.68. The number of rotatable bonds is 10. The molecule has 0 saturated heterocycles. The van der Waals surface area contributed by atoms with E-state index in [1.54, 1.807) is 0 Å². The van der Waals surface area contributed by atoms with Crippen LogP contribution in [0.2, 0.25) is 25.7 Å². The Hall–Kier alpha value is -2.12. The van der Waals surface area contributed by atoms with E-state index >= 15 is 0 Å². The predicted octanol–water partition coefficient (Wildman–Crippen LogP) is 4.93. The lowest BCUT2D eigenvalue weighted by molar-refractivity contribution is 0.0899. The largest absolute Gasteiger partial charge is 0.492 e. The second-order valence-electron chi connectivity index (χ2n) is 8.51. The first-order chi connectivity index (χ1) is 13.4. The first kappa shape index (κ1) is 20.6. The van der Waals surface area contributed by atoms with Gasteiger partial charge in [0.15, 0.2) is 0 Å². The average Bonchev–Trinajstić information content (AvgIpc) is 3.21. The number of hydrogen-bond donors (Lipinski definition) is 0. The molecule has 3 aromatic rings. The van der Waals surface area contributed by atoms with Gasteiger partial charge >= 0.3 is 0 Å². The normalized spacial score (nSPS) is 12.0. The molecule has 0 spiro atoms. The Balaban J connectivity index is 1.86. The summed E-state index contributed by atoms with van der Waals surface area (Å²) in [5.74, 6) is 0.809. The molecule has 0 radical (unpaired) electrons. The molecule has 3 rings (SSSR count). The second-order valence-corrected chi connectivity index (χ2v) is 14.1. The molecule has 0 aliphatic heterocycles. The summed E-state index contributed by atoms with van der Waals surface area (Å²) in [6.45, 7) is 11.3. The summed E-state index contributed by atoms with van der Waals surface area (Å²) in [5, 5.41) is 5.39. The van der Waals surface area contributed by atoms with Gasteiger partial charge in [-0.2, -0.15) is 5.10 Å². The number of nitrogens with zero attached hydrogens (tertiary/aromatic N) is 4. The van der Waals surface area contributed by atoms with Crippen LogP contribution in [0.1, 0.15) is 19.8 Å². The van der Waals surface area contributed by atoms with E-state index in [9.17, 15) is 0 Å². The van der Waals surface area contributed by atoms with E-state index in [-0.39, 0.29) is 0 Å². The summed E-state index contributed by atoms with van der Waals surface area (Å²) in [5.41, 5.74) is 3.08. The van der Waals surface area contributed by atoms with Crippen LogP contribution in [0, 0.1) is 0 Å². The highest BCUT2D eigenvalue weighted by atomic mass is 28.3. The van der Waals surface area contributed by atoms with E-state index in [0.29, 0.717) is 13.3 Å². The van der Waals surface area contributed by atoms with E-state index in [1.165, 1.54) is 0 Å². The molecular formula is C21H32N4O2Si. The fourth-order valence-electron chi connectivity index (χ4n) is 3.00. The van der Waals surface area contributed by atoms with Gasteiger partial charge in [-0.1, -0.05) is 33.0 Å². The molecule has 0 aliphatic rings. The molecule has 0 aliphatic carbocycles. The van der Waals surface area contributed by atoms with E-state index in [4.69, 9.17) is 9.47 Å². The molecule has 0 aromatic carbocycles. The van der Waals surface area contributed by atoms with Crippen molar-refractivity contribution >= 4 is 19.1 Å². The van der Waals surface area contributed by atoms with Crippen LogP contribution in [0.25, 0.3) is 22.2 Å². The van der Waals surface area contributed by atoms with Crippen LogP contribution in [-0.2, 0) is 18.5 Å². The molecule has 7 heteroatoms. The van der Waals surface area contributed by atoms with Gasteiger partial charge in [-0.15, -0.1) is 0 Å². The second kappa shape index (κ2) is 8.92. The molecule has 0 unspecified atom stereocenters.